The van der Waals surface area contributed by atoms with Gasteiger partial charge in [-0.25, -0.2) is 9.78 Å². The van der Waals surface area contributed by atoms with Crippen LogP contribution in [0.3, 0.4) is 0 Å². The zero-order valence-electron chi connectivity index (χ0n) is 13.0. The maximum absolute atomic E-state index is 12.2. The average Bonchev–Trinajstić information content (AvgIpc) is 2.50. The quantitative estimate of drug-likeness (QED) is 0.716. The van der Waals surface area contributed by atoms with Crippen molar-refractivity contribution in [2.24, 2.45) is 0 Å². The van der Waals surface area contributed by atoms with Gasteiger partial charge >= 0.3 is 6.09 Å². The second kappa shape index (κ2) is 7.47. The number of halogens is 1. The predicted octanol–water partition coefficient (Wildman–Crippen LogP) is 1.40. The molecule has 2 heterocycles. The highest BCUT2D eigenvalue weighted by Crippen LogP contribution is 2.21. The number of piperazine rings is 1. The normalized spacial score (nSPS) is 18.6. The van der Waals surface area contributed by atoms with Crippen LogP contribution in [0.5, 0.6) is 0 Å². The minimum Gasteiger partial charge on any atom is -0.465 e. The minimum atomic E-state index is -0.924. The first-order valence-corrected chi connectivity index (χ1v) is 7.64. The smallest absolute Gasteiger partial charge is 0.407 e. The Morgan fingerprint density at radius 2 is 2.17 bits per heavy atom. The van der Waals surface area contributed by atoms with Crippen LogP contribution in [-0.2, 0) is 4.79 Å². The Morgan fingerprint density at radius 1 is 1.43 bits per heavy atom. The number of carboxylic acid groups (broad SMARTS) is 1. The van der Waals surface area contributed by atoms with Crippen LogP contribution in [0.1, 0.15) is 6.92 Å². The van der Waals surface area contributed by atoms with Crippen molar-refractivity contribution in [1.29, 1.82) is 0 Å². The zero-order valence-corrected chi connectivity index (χ0v) is 13.8. The Balaban J connectivity index is 1.94. The van der Waals surface area contributed by atoms with Crippen molar-refractivity contribution in [3.63, 3.8) is 0 Å². The Bertz CT molecular complexity index is 598. The van der Waals surface area contributed by atoms with Crippen LogP contribution in [0.25, 0.3) is 0 Å². The number of nitrogens with one attached hydrogen (secondary N) is 2. The van der Waals surface area contributed by atoms with E-state index in [1.807, 2.05) is 11.8 Å². The lowest BCUT2D eigenvalue weighted by Crippen LogP contribution is -2.54. The van der Waals surface area contributed by atoms with Crippen molar-refractivity contribution in [1.82, 2.24) is 14.8 Å². The lowest BCUT2D eigenvalue weighted by atomic mass is 10.2. The summed E-state index contributed by atoms with van der Waals surface area (Å²) in [4.78, 5) is 30.6. The maximum atomic E-state index is 12.2. The number of hydrogen-bond donors (Lipinski definition) is 3. The standard InChI is InChI=1S/C14H20ClN5O3/c1-9-7-20(14(22)23)6-5-19(9)8-12(21)17-10-3-4-11(15)18-13(10)16-2/h3-4,9H,5-8H2,1-2H3,(H,16,18)(H,17,21)(H,22,23)/t9-/m0/s1. The van der Waals surface area contributed by atoms with E-state index in [1.54, 1.807) is 19.2 Å². The van der Waals surface area contributed by atoms with Crippen molar-refractivity contribution in [3.05, 3.63) is 17.3 Å². The van der Waals surface area contributed by atoms with E-state index in [1.165, 1.54) is 4.90 Å². The maximum Gasteiger partial charge on any atom is 0.407 e. The molecule has 9 heteroatoms. The van der Waals surface area contributed by atoms with Gasteiger partial charge in [-0.2, -0.15) is 0 Å². The summed E-state index contributed by atoms with van der Waals surface area (Å²) in [6.45, 7) is 3.42. The molecule has 0 radical (unpaired) electrons. The molecule has 2 rings (SSSR count). The molecule has 0 bridgehead atoms. The van der Waals surface area contributed by atoms with E-state index in [0.717, 1.165) is 0 Å². The number of pyridine rings is 1. The molecular formula is C14H20ClN5O3. The van der Waals surface area contributed by atoms with Crippen LogP contribution in [0.2, 0.25) is 5.15 Å². The molecule has 0 spiro atoms. The Kier molecular flexibility index (Phi) is 5.62. The van der Waals surface area contributed by atoms with E-state index in [4.69, 9.17) is 16.7 Å². The van der Waals surface area contributed by atoms with Crippen molar-refractivity contribution in [3.8, 4) is 0 Å². The molecule has 0 aliphatic carbocycles. The fourth-order valence-electron chi connectivity index (χ4n) is 2.50. The Morgan fingerprint density at radius 3 is 2.78 bits per heavy atom. The molecule has 0 unspecified atom stereocenters. The van der Waals surface area contributed by atoms with Crippen molar-refractivity contribution in [2.75, 3.05) is 43.9 Å². The van der Waals surface area contributed by atoms with Crippen molar-refractivity contribution < 1.29 is 14.7 Å². The number of rotatable bonds is 4. The summed E-state index contributed by atoms with van der Waals surface area (Å²) < 4.78 is 0. The van der Waals surface area contributed by atoms with E-state index >= 15 is 0 Å². The minimum absolute atomic E-state index is 0.0160. The van der Waals surface area contributed by atoms with Gasteiger partial charge in [0, 0.05) is 32.7 Å². The number of carbonyl (C=O) groups is 2. The molecule has 8 nitrogen and oxygen atoms in total. The van der Waals surface area contributed by atoms with Crippen LogP contribution in [0.15, 0.2) is 12.1 Å². The fourth-order valence-corrected chi connectivity index (χ4v) is 2.65. The van der Waals surface area contributed by atoms with Crippen LogP contribution in [0, 0.1) is 0 Å². The number of anilines is 2. The van der Waals surface area contributed by atoms with Gasteiger partial charge in [0.1, 0.15) is 5.15 Å². The third kappa shape index (κ3) is 4.46. The van der Waals surface area contributed by atoms with Crippen LogP contribution >= 0.6 is 11.6 Å². The van der Waals surface area contributed by atoms with Gasteiger partial charge in [0.05, 0.1) is 12.2 Å². The predicted molar refractivity (Wildman–Crippen MR) is 88.1 cm³/mol. The molecular weight excluding hydrogens is 322 g/mol. The summed E-state index contributed by atoms with van der Waals surface area (Å²) in [6, 6.07) is 3.27. The molecule has 2 amide bonds. The molecule has 1 fully saturated rings. The highest BCUT2D eigenvalue weighted by Gasteiger charge is 2.27. The summed E-state index contributed by atoms with van der Waals surface area (Å²) in [5, 5.41) is 15.0. The number of nitrogens with zero attached hydrogens (tertiary/aromatic N) is 3. The first-order chi connectivity index (χ1) is 10.9. The summed E-state index contributed by atoms with van der Waals surface area (Å²) in [5.74, 6) is 0.316. The van der Waals surface area contributed by atoms with Gasteiger partial charge in [0.25, 0.3) is 0 Å². The fraction of sp³-hybridized carbons (Fsp3) is 0.500. The van der Waals surface area contributed by atoms with Gasteiger partial charge in [-0.05, 0) is 19.1 Å². The molecule has 1 atom stereocenters. The zero-order chi connectivity index (χ0) is 17.0. The van der Waals surface area contributed by atoms with Crippen LogP contribution in [0.4, 0.5) is 16.3 Å². The first kappa shape index (κ1) is 17.3. The molecule has 1 aromatic heterocycles. The number of amides is 2. The molecule has 1 aliphatic heterocycles. The summed E-state index contributed by atoms with van der Waals surface area (Å²) >= 11 is 5.82. The van der Waals surface area contributed by atoms with Crippen molar-refractivity contribution in [2.45, 2.75) is 13.0 Å². The van der Waals surface area contributed by atoms with Crippen LogP contribution < -0.4 is 10.6 Å². The largest absolute Gasteiger partial charge is 0.465 e. The third-order valence-corrected chi connectivity index (χ3v) is 3.96. The van der Waals surface area contributed by atoms with Gasteiger partial charge in [-0.1, -0.05) is 11.6 Å². The molecule has 23 heavy (non-hydrogen) atoms. The number of aromatic nitrogens is 1. The molecule has 1 aliphatic rings. The monoisotopic (exact) mass is 341 g/mol. The molecule has 126 valence electrons. The molecule has 1 aromatic rings. The topological polar surface area (TPSA) is 97.8 Å². The number of hydrogen-bond acceptors (Lipinski definition) is 5. The van der Waals surface area contributed by atoms with E-state index in [-0.39, 0.29) is 18.5 Å². The van der Waals surface area contributed by atoms with Gasteiger partial charge in [0.15, 0.2) is 5.82 Å². The Hall–Kier alpha value is -2.06. The highest BCUT2D eigenvalue weighted by molar-refractivity contribution is 6.29. The average molecular weight is 342 g/mol. The summed E-state index contributed by atoms with van der Waals surface area (Å²) in [6.07, 6.45) is -0.924. The SMILES string of the molecule is CNc1nc(Cl)ccc1NC(=O)CN1CCN(C(=O)O)C[C@@H]1C. The third-order valence-electron chi connectivity index (χ3n) is 3.75. The number of carbonyl (C=O) groups excluding carboxylic acids is 1. The first-order valence-electron chi connectivity index (χ1n) is 7.26. The summed E-state index contributed by atoms with van der Waals surface area (Å²) in [5.41, 5.74) is 0.554. The van der Waals surface area contributed by atoms with Gasteiger partial charge in [-0.15, -0.1) is 0 Å². The lowest BCUT2D eigenvalue weighted by Gasteiger charge is -2.38. The second-order valence-corrected chi connectivity index (χ2v) is 5.76. The van der Waals surface area contributed by atoms with Crippen molar-refractivity contribution >= 4 is 35.1 Å². The second-order valence-electron chi connectivity index (χ2n) is 5.38. The molecule has 0 saturated carbocycles. The van der Waals surface area contributed by atoms with E-state index in [9.17, 15) is 9.59 Å². The highest BCUT2D eigenvalue weighted by atomic mass is 35.5. The Labute approximate surface area is 139 Å². The molecule has 0 aromatic carbocycles. The molecule has 3 N–H and O–H groups in total. The van der Waals surface area contributed by atoms with Crippen LogP contribution in [-0.4, -0.2) is 71.2 Å². The summed E-state index contributed by atoms with van der Waals surface area (Å²) in [7, 11) is 1.70. The van der Waals surface area contributed by atoms with E-state index in [2.05, 4.69) is 15.6 Å². The van der Waals surface area contributed by atoms with Gasteiger partial charge < -0.3 is 20.6 Å². The van der Waals surface area contributed by atoms with E-state index in [0.29, 0.717) is 36.3 Å². The lowest BCUT2D eigenvalue weighted by molar-refractivity contribution is -0.118. The van der Waals surface area contributed by atoms with E-state index < -0.39 is 6.09 Å². The van der Waals surface area contributed by atoms with Gasteiger partial charge in [-0.3, -0.25) is 9.69 Å². The van der Waals surface area contributed by atoms with Gasteiger partial charge in [0.2, 0.25) is 5.91 Å². The molecule has 1 saturated heterocycles.